The van der Waals surface area contributed by atoms with E-state index in [1.165, 1.54) is 17.0 Å². The van der Waals surface area contributed by atoms with Gasteiger partial charge in [0.05, 0.1) is 5.69 Å². The van der Waals surface area contributed by atoms with Crippen LogP contribution in [0.4, 0.5) is 29.3 Å². The number of hydrogen-bond donors (Lipinski definition) is 2. The average molecular weight is 446 g/mol. The first-order valence-electron chi connectivity index (χ1n) is 9.99. The van der Waals surface area contributed by atoms with Gasteiger partial charge in [0.15, 0.2) is 0 Å². The standard InChI is InChI=1S/C22H21F3N4O3/c1-28-13-17(16-8-2-3-9-18(16)28)27-21(31)29-11-5-10-19(29)20(30)26-14-6-4-7-15(12-14)32-22(23,24)25/h2-4,6-9,12-13,19H,5,10-11H2,1H3,(H,26,30)(H,27,31)/t19-/m0/s1. The number of carbonyl (C=O) groups excluding carboxylic acids is 2. The van der Waals surface area contributed by atoms with E-state index in [0.29, 0.717) is 25.1 Å². The first-order valence-corrected chi connectivity index (χ1v) is 9.99. The Morgan fingerprint density at radius 3 is 2.66 bits per heavy atom. The second-order valence-corrected chi connectivity index (χ2v) is 7.52. The normalized spacial score (nSPS) is 16.2. The predicted molar refractivity (Wildman–Crippen MR) is 113 cm³/mol. The van der Waals surface area contributed by atoms with Crippen molar-refractivity contribution in [3.8, 4) is 5.75 Å². The second kappa shape index (κ2) is 8.45. The zero-order valence-corrected chi connectivity index (χ0v) is 17.1. The highest BCUT2D eigenvalue weighted by molar-refractivity contribution is 6.04. The zero-order chi connectivity index (χ0) is 22.9. The molecule has 3 amide bonds. The number of aryl methyl sites for hydroxylation is 1. The number of nitrogens with zero attached hydrogens (tertiary/aromatic N) is 2. The molecule has 2 aromatic carbocycles. The Morgan fingerprint density at radius 1 is 1.09 bits per heavy atom. The van der Waals surface area contributed by atoms with Crippen molar-refractivity contribution >= 4 is 34.2 Å². The summed E-state index contributed by atoms with van der Waals surface area (Å²) in [6, 6.07) is 11.5. The minimum Gasteiger partial charge on any atom is -0.406 e. The number of urea groups is 1. The summed E-state index contributed by atoms with van der Waals surface area (Å²) in [4.78, 5) is 27.2. The van der Waals surface area contributed by atoms with Gasteiger partial charge in [-0.2, -0.15) is 0 Å². The summed E-state index contributed by atoms with van der Waals surface area (Å²) >= 11 is 0. The number of halogens is 3. The summed E-state index contributed by atoms with van der Waals surface area (Å²) < 4.78 is 43.1. The maximum atomic E-state index is 12.9. The van der Waals surface area contributed by atoms with Crippen LogP contribution in [0.3, 0.4) is 0 Å². The third kappa shape index (κ3) is 4.63. The van der Waals surface area contributed by atoms with E-state index in [9.17, 15) is 22.8 Å². The lowest BCUT2D eigenvalue weighted by Gasteiger charge is -2.24. The van der Waals surface area contributed by atoms with Gasteiger partial charge in [-0.05, 0) is 31.0 Å². The monoisotopic (exact) mass is 446 g/mol. The lowest BCUT2D eigenvalue weighted by Crippen LogP contribution is -2.45. The molecule has 1 aliphatic heterocycles. The van der Waals surface area contributed by atoms with Crippen LogP contribution in [-0.4, -0.2) is 40.4 Å². The molecule has 10 heteroatoms. The molecular formula is C22H21F3N4O3. The number of benzene rings is 2. The van der Waals surface area contributed by atoms with E-state index in [1.54, 1.807) is 6.20 Å². The summed E-state index contributed by atoms with van der Waals surface area (Å²) in [5.41, 5.74) is 1.74. The van der Waals surface area contributed by atoms with E-state index >= 15 is 0 Å². The number of rotatable bonds is 4. The van der Waals surface area contributed by atoms with Crippen molar-refractivity contribution in [2.45, 2.75) is 25.2 Å². The van der Waals surface area contributed by atoms with Crippen molar-refractivity contribution in [3.63, 3.8) is 0 Å². The van der Waals surface area contributed by atoms with Gasteiger partial charge in [0, 0.05) is 42.4 Å². The van der Waals surface area contributed by atoms with Gasteiger partial charge in [-0.25, -0.2) is 4.79 Å². The number of nitrogens with one attached hydrogen (secondary N) is 2. The van der Waals surface area contributed by atoms with Crippen LogP contribution in [-0.2, 0) is 11.8 Å². The molecule has 1 aliphatic rings. The number of para-hydroxylation sites is 1. The highest BCUT2D eigenvalue weighted by Crippen LogP contribution is 2.28. The Hall–Kier alpha value is -3.69. The highest BCUT2D eigenvalue weighted by atomic mass is 19.4. The maximum Gasteiger partial charge on any atom is 0.573 e. The van der Waals surface area contributed by atoms with Gasteiger partial charge in [-0.3, -0.25) is 4.79 Å². The van der Waals surface area contributed by atoms with E-state index in [0.717, 1.165) is 23.0 Å². The van der Waals surface area contributed by atoms with Gasteiger partial charge in [-0.15, -0.1) is 13.2 Å². The molecule has 32 heavy (non-hydrogen) atoms. The SMILES string of the molecule is Cn1cc(NC(=O)N2CCC[C@H]2C(=O)Nc2cccc(OC(F)(F)F)c2)c2ccccc21. The first-order chi connectivity index (χ1) is 15.2. The van der Waals surface area contributed by atoms with Crippen LogP contribution in [0, 0.1) is 0 Å². The number of amides is 3. The van der Waals surface area contributed by atoms with Crippen LogP contribution in [0.15, 0.2) is 54.7 Å². The number of likely N-dealkylation sites (tertiary alicyclic amines) is 1. The predicted octanol–water partition coefficient (Wildman–Crippen LogP) is 4.71. The van der Waals surface area contributed by atoms with Gasteiger partial charge >= 0.3 is 12.4 Å². The van der Waals surface area contributed by atoms with Crippen molar-refractivity contribution in [2.24, 2.45) is 7.05 Å². The van der Waals surface area contributed by atoms with Gasteiger partial charge < -0.3 is 24.8 Å². The zero-order valence-electron chi connectivity index (χ0n) is 17.1. The van der Waals surface area contributed by atoms with Crippen molar-refractivity contribution in [2.75, 3.05) is 17.2 Å². The molecule has 168 valence electrons. The molecule has 7 nitrogen and oxygen atoms in total. The fraction of sp³-hybridized carbons (Fsp3) is 0.273. The Bertz CT molecular complexity index is 1160. The van der Waals surface area contributed by atoms with Crippen LogP contribution in [0.1, 0.15) is 12.8 Å². The molecule has 0 spiro atoms. The molecule has 2 N–H and O–H groups in total. The van der Waals surface area contributed by atoms with Gasteiger partial charge in [-0.1, -0.05) is 24.3 Å². The third-order valence-corrected chi connectivity index (χ3v) is 5.29. The average Bonchev–Trinajstić information content (AvgIpc) is 3.33. The molecule has 3 aromatic rings. The Balaban J connectivity index is 1.45. The summed E-state index contributed by atoms with van der Waals surface area (Å²) in [6.45, 7) is 0.395. The molecule has 1 atom stereocenters. The van der Waals surface area contributed by atoms with Crippen molar-refractivity contribution in [3.05, 3.63) is 54.7 Å². The van der Waals surface area contributed by atoms with Crippen LogP contribution in [0.5, 0.6) is 5.75 Å². The lowest BCUT2D eigenvalue weighted by molar-refractivity contribution is -0.274. The summed E-state index contributed by atoms with van der Waals surface area (Å²) in [6.07, 6.45) is -1.93. The number of anilines is 2. The van der Waals surface area contributed by atoms with Crippen molar-refractivity contribution < 1.29 is 27.5 Å². The minimum absolute atomic E-state index is 0.151. The fourth-order valence-electron chi connectivity index (χ4n) is 3.91. The largest absolute Gasteiger partial charge is 0.573 e. The Morgan fingerprint density at radius 2 is 1.88 bits per heavy atom. The number of fused-ring (bicyclic) bond motifs is 1. The number of ether oxygens (including phenoxy) is 1. The Labute approximate surface area is 181 Å². The summed E-state index contributed by atoms with van der Waals surface area (Å²) in [5, 5.41) is 6.33. The fourth-order valence-corrected chi connectivity index (χ4v) is 3.91. The molecule has 0 unspecified atom stereocenters. The third-order valence-electron chi connectivity index (χ3n) is 5.29. The van der Waals surface area contributed by atoms with Crippen LogP contribution >= 0.6 is 0 Å². The van der Waals surface area contributed by atoms with Crippen molar-refractivity contribution in [1.29, 1.82) is 0 Å². The number of carbonyl (C=O) groups is 2. The van der Waals surface area contributed by atoms with E-state index in [4.69, 9.17) is 0 Å². The Kier molecular flexibility index (Phi) is 5.68. The maximum absolute atomic E-state index is 12.9. The van der Waals surface area contributed by atoms with E-state index in [1.807, 2.05) is 35.9 Å². The highest BCUT2D eigenvalue weighted by Gasteiger charge is 2.35. The molecule has 1 fully saturated rings. The quantitative estimate of drug-likeness (QED) is 0.610. The molecule has 0 aliphatic carbocycles. The number of hydrogen-bond acceptors (Lipinski definition) is 3. The summed E-state index contributed by atoms with van der Waals surface area (Å²) in [5.74, 6) is -0.910. The first kappa shape index (κ1) is 21.5. The molecule has 0 saturated carbocycles. The van der Waals surface area contributed by atoms with Gasteiger partial charge in [0.2, 0.25) is 5.91 Å². The van der Waals surface area contributed by atoms with E-state index in [2.05, 4.69) is 15.4 Å². The molecule has 0 radical (unpaired) electrons. The van der Waals surface area contributed by atoms with Crippen molar-refractivity contribution in [1.82, 2.24) is 9.47 Å². The molecule has 1 aromatic heterocycles. The smallest absolute Gasteiger partial charge is 0.406 e. The molecule has 2 heterocycles. The van der Waals surface area contributed by atoms with Gasteiger partial charge in [0.1, 0.15) is 11.8 Å². The molecule has 1 saturated heterocycles. The van der Waals surface area contributed by atoms with Crippen LogP contribution < -0.4 is 15.4 Å². The van der Waals surface area contributed by atoms with Crippen LogP contribution in [0.25, 0.3) is 10.9 Å². The molecule has 4 rings (SSSR count). The molecule has 0 bridgehead atoms. The number of alkyl halides is 3. The molecular weight excluding hydrogens is 425 g/mol. The number of aromatic nitrogens is 1. The second-order valence-electron chi connectivity index (χ2n) is 7.52. The minimum atomic E-state index is -4.83. The van der Waals surface area contributed by atoms with Crippen LogP contribution in [0.2, 0.25) is 0 Å². The van der Waals surface area contributed by atoms with E-state index in [-0.39, 0.29) is 5.69 Å². The lowest BCUT2D eigenvalue weighted by atomic mass is 10.2. The topological polar surface area (TPSA) is 75.6 Å². The van der Waals surface area contributed by atoms with E-state index < -0.39 is 30.1 Å². The van der Waals surface area contributed by atoms with Gasteiger partial charge in [0.25, 0.3) is 0 Å². The summed E-state index contributed by atoms with van der Waals surface area (Å²) in [7, 11) is 1.88.